The molecule has 45 heavy (non-hydrogen) atoms. The molecule has 1 unspecified atom stereocenters. The van der Waals surface area contributed by atoms with Gasteiger partial charge < -0.3 is 19.6 Å². The SMILES string of the molecule is CCOC(C)=O.Cc1cc(-c2c(C)cccc2O)cc(CNC(=O)C(c2cc(Br)ccc2F)n2ccc3occc3c2=O)c1F. The Balaban J connectivity index is 0.000000700. The lowest BCUT2D eigenvalue weighted by molar-refractivity contribution is -0.140. The number of aryl methyl sites for hydroxylation is 2. The number of nitrogens with zero attached hydrogens (tertiary/aromatic N) is 1. The fourth-order valence-electron chi connectivity index (χ4n) is 4.95. The first-order chi connectivity index (χ1) is 21.4. The van der Waals surface area contributed by atoms with Gasteiger partial charge in [0, 0.05) is 40.8 Å². The van der Waals surface area contributed by atoms with E-state index in [9.17, 15) is 19.5 Å². The van der Waals surface area contributed by atoms with Crippen LogP contribution in [-0.4, -0.2) is 28.2 Å². The van der Waals surface area contributed by atoms with Crippen molar-refractivity contribution in [2.24, 2.45) is 0 Å². The van der Waals surface area contributed by atoms with E-state index in [4.69, 9.17) is 4.42 Å². The van der Waals surface area contributed by atoms with Crippen molar-refractivity contribution in [2.45, 2.75) is 40.3 Å². The van der Waals surface area contributed by atoms with Gasteiger partial charge in [-0.2, -0.15) is 0 Å². The van der Waals surface area contributed by atoms with Crippen LogP contribution < -0.4 is 10.9 Å². The zero-order valence-corrected chi connectivity index (χ0v) is 26.6. The van der Waals surface area contributed by atoms with Gasteiger partial charge in [0.2, 0.25) is 5.91 Å². The summed E-state index contributed by atoms with van der Waals surface area (Å²) in [5.74, 6) is -2.07. The van der Waals surface area contributed by atoms with Gasteiger partial charge in [-0.1, -0.05) is 28.1 Å². The van der Waals surface area contributed by atoms with E-state index in [0.29, 0.717) is 33.4 Å². The number of phenols is 1. The third-order valence-electron chi connectivity index (χ3n) is 7.00. The molecule has 234 valence electrons. The normalized spacial score (nSPS) is 11.4. The first-order valence-corrected chi connectivity index (χ1v) is 14.7. The Morgan fingerprint density at radius 3 is 2.49 bits per heavy atom. The molecular weight excluding hydrogens is 650 g/mol. The van der Waals surface area contributed by atoms with E-state index < -0.39 is 29.1 Å². The number of benzene rings is 3. The van der Waals surface area contributed by atoms with Crippen molar-refractivity contribution in [3.63, 3.8) is 0 Å². The molecule has 2 aromatic heterocycles. The second-order valence-electron chi connectivity index (χ2n) is 10.2. The van der Waals surface area contributed by atoms with Crippen LogP contribution in [0.4, 0.5) is 8.78 Å². The van der Waals surface area contributed by atoms with Gasteiger partial charge in [0.1, 0.15) is 29.0 Å². The van der Waals surface area contributed by atoms with Gasteiger partial charge in [-0.25, -0.2) is 8.78 Å². The van der Waals surface area contributed by atoms with Crippen molar-refractivity contribution in [3.8, 4) is 16.9 Å². The molecule has 3 aromatic carbocycles. The van der Waals surface area contributed by atoms with Crippen LogP contribution in [0.5, 0.6) is 5.75 Å². The number of aromatic nitrogens is 1. The maximum atomic E-state index is 15.2. The second kappa shape index (κ2) is 14.3. The van der Waals surface area contributed by atoms with Crippen molar-refractivity contribution in [1.29, 1.82) is 0 Å². The van der Waals surface area contributed by atoms with Crippen LogP contribution in [0, 0.1) is 25.5 Å². The smallest absolute Gasteiger partial charge is 0.302 e. The summed E-state index contributed by atoms with van der Waals surface area (Å²) in [6, 6.07) is 14.0. The molecule has 1 amide bonds. The van der Waals surface area contributed by atoms with Crippen LogP contribution in [0.2, 0.25) is 0 Å². The highest BCUT2D eigenvalue weighted by atomic mass is 79.9. The van der Waals surface area contributed by atoms with Crippen molar-refractivity contribution >= 4 is 38.8 Å². The Kier molecular flexibility index (Phi) is 10.6. The number of furan rings is 1. The number of ether oxygens (including phenoxy) is 1. The third-order valence-corrected chi connectivity index (χ3v) is 7.49. The topological polar surface area (TPSA) is 111 Å². The molecule has 2 heterocycles. The van der Waals surface area contributed by atoms with Crippen molar-refractivity contribution in [1.82, 2.24) is 9.88 Å². The first-order valence-electron chi connectivity index (χ1n) is 13.9. The zero-order chi connectivity index (χ0) is 32.8. The van der Waals surface area contributed by atoms with Crippen LogP contribution in [0.15, 0.2) is 86.8 Å². The zero-order valence-electron chi connectivity index (χ0n) is 25.0. The van der Waals surface area contributed by atoms with E-state index in [1.165, 1.54) is 49.7 Å². The highest BCUT2D eigenvalue weighted by molar-refractivity contribution is 9.10. The van der Waals surface area contributed by atoms with E-state index in [2.05, 4.69) is 26.0 Å². The number of halogens is 3. The number of hydrogen-bond acceptors (Lipinski definition) is 6. The number of pyridine rings is 1. The molecule has 0 aliphatic heterocycles. The molecule has 5 rings (SSSR count). The number of esters is 1. The summed E-state index contributed by atoms with van der Waals surface area (Å²) in [7, 11) is 0. The van der Waals surface area contributed by atoms with Crippen molar-refractivity contribution < 1.29 is 32.6 Å². The summed E-state index contributed by atoms with van der Waals surface area (Å²) in [5.41, 5.74) is 2.20. The number of fused-ring (bicyclic) bond motifs is 1. The van der Waals surface area contributed by atoms with Gasteiger partial charge in [-0.15, -0.1) is 0 Å². The summed E-state index contributed by atoms with van der Waals surface area (Å²) < 4.78 is 41.5. The predicted molar refractivity (Wildman–Crippen MR) is 170 cm³/mol. The molecule has 0 bridgehead atoms. The first kappa shape index (κ1) is 33.1. The Morgan fingerprint density at radius 1 is 1.07 bits per heavy atom. The third kappa shape index (κ3) is 7.49. The summed E-state index contributed by atoms with van der Waals surface area (Å²) >= 11 is 3.30. The molecule has 0 aliphatic rings. The van der Waals surface area contributed by atoms with Gasteiger partial charge in [-0.05, 0) is 86.0 Å². The molecule has 0 saturated heterocycles. The average molecular weight is 682 g/mol. The number of carbonyl (C=O) groups is 2. The average Bonchev–Trinajstić information content (AvgIpc) is 3.47. The molecule has 0 spiro atoms. The van der Waals surface area contributed by atoms with Gasteiger partial charge in [-0.3, -0.25) is 19.0 Å². The van der Waals surface area contributed by atoms with Gasteiger partial charge in [0.15, 0.2) is 0 Å². The number of hydrogen-bond donors (Lipinski definition) is 2. The second-order valence-corrected chi connectivity index (χ2v) is 11.1. The fourth-order valence-corrected chi connectivity index (χ4v) is 5.33. The molecule has 0 fully saturated rings. The lowest BCUT2D eigenvalue weighted by Crippen LogP contribution is -2.38. The van der Waals surface area contributed by atoms with Gasteiger partial charge in [0.05, 0.1) is 18.3 Å². The van der Waals surface area contributed by atoms with E-state index >= 15 is 8.78 Å². The molecule has 11 heteroatoms. The van der Waals surface area contributed by atoms with Crippen LogP contribution in [0.25, 0.3) is 22.1 Å². The molecule has 1 atom stereocenters. The number of nitrogens with one attached hydrogen (secondary N) is 1. The Hall–Kier alpha value is -4.77. The lowest BCUT2D eigenvalue weighted by Gasteiger charge is -2.21. The maximum absolute atomic E-state index is 15.2. The van der Waals surface area contributed by atoms with Crippen molar-refractivity contribution in [3.05, 3.63) is 122 Å². The fraction of sp³-hybridized carbons (Fsp3) is 0.206. The number of carbonyl (C=O) groups excluding carboxylic acids is 2. The quantitative estimate of drug-likeness (QED) is 0.178. The summed E-state index contributed by atoms with van der Waals surface area (Å²) in [6.07, 6.45) is 2.72. The minimum atomic E-state index is -1.39. The predicted octanol–water partition coefficient (Wildman–Crippen LogP) is 7.10. The summed E-state index contributed by atoms with van der Waals surface area (Å²) in [5, 5.41) is 13.3. The lowest BCUT2D eigenvalue weighted by atomic mass is 9.95. The number of aromatic hydroxyl groups is 1. The van der Waals surface area contributed by atoms with E-state index in [1.54, 1.807) is 38.1 Å². The Labute approximate surface area is 266 Å². The van der Waals surface area contributed by atoms with E-state index in [0.717, 1.165) is 10.1 Å². The Bertz CT molecular complexity index is 1910. The highest BCUT2D eigenvalue weighted by Gasteiger charge is 2.28. The van der Waals surface area contributed by atoms with Crippen LogP contribution in [0.1, 0.15) is 42.1 Å². The number of rotatable bonds is 7. The summed E-state index contributed by atoms with van der Waals surface area (Å²) in [4.78, 5) is 36.7. The van der Waals surface area contributed by atoms with E-state index in [-0.39, 0.29) is 34.8 Å². The summed E-state index contributed by atoms with van der Waals surface area (Å²) in [6.45, 7) is 6.85. The number of phenolic OH excluding ortho intramolecular Hbond substituents is 1. The molecule has 2 N–H and O–H groups in total. The van der Waals surface area contributed by atoms with Crippen LogP contribution >= 0.6 is 15.9 Å². The number of amides is 1. The molecule has 0 saturated carbocycles. The molecular formula is C34H31BrF2N2O6. The minimum absolute atomic E-state index is 0.0398. The molecule has 8 nitrogen and oxygen atoms in total. The van der Waals surface area contributed by atoms with E-state index in [1.807, 2.05) is 13.0 Å². The maximum Gasteiger partial charge on any atom is 0.302 e. The largest absolute Gasteiger partial charge is 0.507 e. The molecule has 5 aromatic rings. The van der Waals surface area contributed by atoms with Gasteiger partial charge >= 0.3 is 5.97 Å². The van der Waals surface area contributed by atoms with Crippen molar-refractivity contribution in [2.75, 3.05) is 6.61 Å². The standard InChI is InChI=1S/C30H23BrF2N2O4.C4H8O2/c1-16-4-3-5-24(36)26(16)18-12-17(2)27(33)19(13-18)15-34-29(37)28(22-14-20(31)6-7-23(22)32)35-10-8-25-21(30(35)38)9-11-39-25;1-3-6-4(2)5/h3-14,28,36H,15H2,1-2H3,(H,34,37);3H2,1-2H3. The monoisotopic (exact) mass is 680 g/mol. The highest BCUT2D eigenvalue weighted by Crippen LogP contribution is 2.34. The minimum Gasteiger partial charge on any atom is -0.507 e. The molecule has 0 aliphatic carbocycles. The molecule has 0 radical (unpaired) electrons. The van der Waals surface area contributed by atoms with Crippen LogP contribution in [0.3, 0.4) is 0 Å². The van der Waals surface area contributed by atoms with Crippen LogP contribution in [-0.2, 0) is 20.9 Å². The van der Waals surface area contributed by atoms with Gasteiger partial charge in [0.25, 0.3) is 5.56 Å². The Morgan fingerprint density at radius 2 is 1.82 bits per heavy atom.